The maximum Gasteiger partial charge on any atom is 0.309 e. The van der Waals surface area contributed by atoms with E-state index in [0.29, 0.717) is 18.3 Å². The number of nitrogens with zero attached hydrogens (tertiary/aromatic N) is 2. The first kappa shape index (κ1) is 11.0. The third-order valence-electron chi connectivity index (χ3n) is 2.13. The molecule has 84 valence electrons. The molecule has 0 saturated heterocycles. The van der Waals surface area contributed by atoms with Gasteiger partial charge in [0.15, 0.2) is 0 Å². The van der Waals surface area contributed by atoms with Gasteiger partial charge in [-0.05, 0) is 12.1 Å². The van der Waals surface area contributed by atoms with E-state index in [2.05, 4.69) is 5.10 Å². The Morgan fingerprint density at radius 1 is 1.50 bits per heavy atom. The number of halogens is 1. The third kappa shape index (κ3) is 2.02. The first-order valence-electron chi connectivity index (χ1n) is 4.92. The van der Waals surface area contributed by atoms with Crippen LogP contribution >= 0.6 is 11.6 Å². The molecule has 0 aliphatic carbocycles. The van der Waals surface area contributed by atoms with E-state index in [0.717, 1.165) is 10.9 Å². The topological polar surface area (TPSA) is 44.1 Å². The first-order chi connectivity index (χ1) is 7.72. The lowest BCUT2D eigenvalue weighted by Crippen LogP contribution is -2.09. The Hall–Kier alpha value is -1.55. The Balaban J connectivity index is 2.54. The molecule has 0 N–H and O–H groups in total. The van der Waals surface area contributed by atoms with Crippen LogP contribution in [-0.4, -0.2) is 21.6 Å². The Labute approximate surface area is 97.8 Å². The van der Waals surface area contributed by atoms with Gasteiger partial charge in [0.05, 0.1) is 17.4 Å². The number of hydrogen-bond donors (Lipinski definition) is 0. The van der Waals surface area contributed by atoms with Gasteiger partial charge in [0, 0.05) is 12.8 Å². The van der Waals surface area contributed by atoms with E-state index in [1.807, 2.05) is 24.3 Å². The van der Waals surface area contributed by atoms with Gasteiger partial charge in [-0.25, -0.2) is 4.68 Å². The molecule has 0 spiro atoms. The zero-order valence-corrected chi connectivity index (χ0v) is 9.57. The number of fused-ring (bicyclic) bond motifs is 1. The van der Waals surface area contributed by atoms with Crippen LogP contribution in [0.15, 0.2) is 24.3 Å². The van der Waals surface area contributed by atoms with Crippen molar-refractivity contribution in [2.45, 2.75) is 13.5 Å². The van der Waals surface area contributed by atoms with Crippen molar-refractivity contribution >= 4 is 28.5 Å². The number of benzene rings is 1. The number of alkyl halides is 1. The molecule has 0 bridgehead atoms. The van der Waals surface area contributed by atoms with Gasteiger partial charge in [0.25, 0.3) is 0 Å². The number of rotatable bonds is 3. The number of esters is 1. The molecule has 0 atom stereocenters. The molecule has 0 amide bonds. The fourth-order valence-corrected chi connectivity index (χ4v) is 1.69. The highest BCUT2D eigenvalue weighted by Crippen LogP contribution is 2.25. The number of aromatic nitrogens is 2. The number of carbonyl (C=O) groups is 1. The van der Waals surface area contributed by atoms with Gasteiger partial charge < -0.3 is 4.74 Å². The van der Waals surface area contributed by atoms with Gasteiger partial charge in [0.2, 0.25) is 5.88 Å². The maximum atomic E-state index is 11.0. The fraction of sp³-hybridized carbons (Fsp3) is 0.273. The van der Waals surface area contributed by atoms with Gasteiger partial charge in [-0.2, -0.15) is 5.10 Å². The monoisotopic (exact) mass is 238 g/mol. The van der Waals surface area contributed by atoms with Crippen LogP contribution in [-0.2, 0) is 11.3 Å². The van der Waals surface area contributed by atoms with Crippen LogP contribution in [0.2, 0.25) is 0 Å². The quantitative estimate of drug-likeness (QED) is 0.608. The minimum absolute atomic E-state index is 0.360. The van der Waals surface area contributed by atoms with Crippen LogP contribution in [0.1, 0.15) is 6.92 Å². The Morgan fingerprint density at radius 2 is 2.25 bits per heavy atom. The number of carbonyl (C=O) groups excluding carboxylic acids is 1. The molecule has 16 heavy (non-hydrogen) atoms. The molecule has 2 aromatic rings. The van der Waals surface area contributed by atoms with Crippen molar-refractivity contribution < 1.29 is 9.53 Å². The molecular formula is C11H11ClN2O2. The van der Waals surface area contributed by atoms with E-state index in [1.54, 1.807) is 4.68 Å². The standard InChI is InChI=1S/C11H11ClN2O2/c1-8(15)16-11-9-4-2-3-5-10(9)13-14(11)7-6-12/h2-5H,6-7H2,1H3. The molecule has 4 nitrogen and oxygen atoms in total. The van der Waals surface area contributed by atoms with Gasteiger partial charge in [-0.3, -0.25) is 4.79 Å². The molecule has 1 aromatic heterocycles. The smallest absolute Gasteiger partial charge is 0.309 e. The summed E-state index contributed by atoms with van der Waals surface area (Å²) in [5.41, 5.74) is 0.795. The summed E-state index contributed by atoms with van der Waals surface area (Å²) in [4.78, 5) is 11.0. The number of aryl methyl sites for hydroxylation is 1. The van der Waals surface area contributed by atoms with Crippen LogP contribution in [0.3, 0.4) is 0 Å². The van der Waals surface area contributed by atoms with Gasteiger partial charge in [-0.15, -0.1) is 11.6 Å². The van der Waals surface area contributed by atoms with Crippen molar-refractivity contribution in [3.8, 4) is 5.88 Å². The Bertz CT molecular complexity index is 522. The van der Waals surface area contributed by atoms with E-state index in [1.165, 1.54) is 6.92 Å². The maximum absolute atomic E-state index is 11.0. The molecule has 0 aliphatic rings. The average Bonchev–Trinajstić information content (AvgIpc) is 2.57. The minimum atomic E-state index is -0.360. The second kappa shape index (κ2) is 4.53. The second-order valence-corrected chi connectivity index (χ2v) is 3.71. The van der Waals surface area contributed by atoms with Crippen LogP contribution in [0.4, 0.5) is 0 Å². The molecule has 0 aliphatic heterocycles. The van der Waals surface area contributed by atoms with Crippen molar-refractivity contribution in [1.82, 2.24) is 9.78 Å². The average molecular weight is 239 g/mol. The highest BCUT2D eigenvalue weighted by molar-refractivity contribution is 6.17. The van der Waals surface area contributed by atoms with Crippen LogP contribution < -0.4 is 4.74 Å². The summed E-state index contributed by atoms with van der Waals surface area (Å²) in [6, 6.07) is 7.50. The lowest BCUT2D eigenvalue weighted by molar-refractivity contribution is -0.132. The van der Waals surface area contributed by atoms with Crippen LogP contribution in [0.25, 0.3) is 10.9 Å². The molecule has 0 radical (unpaired) electrons. The summed E-state index contributed by atoms with van der Waals surface area (Å²) in [5, 5.41) is 5.13. The summed E-state index contributed by atoms with van der Waals surface area (Å²) in [6.07, 6.45) is 0. The SMILES string of the molecule is CC(=O)Oc1c2ccccc2nn1CCCl. The third-order valence-corrected chi connectivity index (χ3v) is 2.30. The molecule has 0 fully saturated rings. The number of hydrogen-bond acceptors (Lipinski definition) is 3. The molecule has 0 unspecified atom stereocenters. The van der Waals surface area contributed by atoms with E-state index < -0.39 is 0 Å². The second-order valence-electron chi connectivity index (χ2n) is 3.33. The summed E-state index contributed by atoms with van der Waals surface area (Å²) in [5.74, 6) is 0.521. The predicted octanol–water partition coefficient (Wildman–Crippen LogP) is 2.20. The number of ether oxygens (including phenoxy) is 1. The molecule has 0 saturated carbocycles. The normalized spacial score (nSPS) is 10.6. The first-order valence-corrected chi connectivity index (χ1v) is 5.45. The summed E-state index contributed by atoms with van der Waals surface area (Å²) >= 11 is 5.67. The molecule has 5 heteroatoms. The molecular weight excluding hydrogens is 228 g/mol. The van der Waals surface area contributed by atoms with Crippen LogP contribution in [0, 0.1) is 0 Å². The summed E-state index contributed by atoms with van der Waals surface area (Å²) in [7, 11) is 0. The molecule has 1 aromatic carbocycles. The van der Waals surface area contributed by atoms with E-state index in [9.17, 15) is 4.79 Å². The zero-order chi connectivity index (χ0) is 11.5. The highest BCUT2D eigenvalue weighted by atomic mass is 35.5. The van der Waals surface area contributed by atoms with E-state index >= 15 is 0 Å². The summed E-state index contributed by atoms with van der Waals surface area (Å²) in [6.45, 7) is 1.88. The van der Waals surface area contributed by atoms with Gasteiger partial charge >= 0.3 is 5.97 Å². The molecule has 2 rings (SSSR count). The minimum Gasteiger partial charge on any atom is -0.407 e. The Morgan fingerprint density at radius 3 is 2.94 bits per heavy atom. The molecule has 1 heterocycles. The Kier molecular flexibility index (Phi) is 3.10. The lowest BCUT2D eigenvalue weighted by atomic mass is 10.2. The summed E-state index contributed by atoms with van der Waals surface area (Å²) < 4.78 is 6.76. The van der Waals surface area contributed by atoms with Crippen molar-refractivity contribution in [3.63, 3.8) is 0 Å². The van der Waals surface area contributed by atoms with Crippen molar-refractivity contribution in [2.75, 3.05) is 5.88 Å². The van der Waals surface area contributed by atoms with Gasteiger partial charge in [0.1, 0.15) is 0 Å². The van der Waals surface area contributed by atoms with Crippen molar-refractivity contribution in [2.24, 2.45) is 0 Å². The van der Waals surface area contributed by atoms with Crippen molar-refractivity contribution in [1.29, 1.82) is 0 Å². The predicted molar refractivity (Wildman–Crippen MR) is 61.8 cm³/mol. The fourth-order valence-electron chi connectivity index (χ4n) is 1.53. The van der Waals surface area contributed by atoms with E-state index in [-0.39, 0.29) is 5.97 Å². The van der Waals surface area contributed by atoms with E-state index in [4.69, 9.17) is 16.3 Å². The largest absolute Gasteiger partial charge is 0.407 e. The van der Waals surface area contributed by atoms with Crippen LogP contribution in [0.5, 0.6) is 5.88 Å². The van der Waals surface area contributed by atoms with Gasteiger partial charge in [-0.1, -0.05) is 12.1 Å². The lowest BCUT2D eigenvalue weighted by Gasteiger charge is -2.04. The van der Waals surface area contributed by atoms with Crippen molar-refractivity contribution in [3.05, 3.63) is 24.3 Å². The zero-order valence-electron chi connectivity index (χ0n) is 8.81. The highest BCUT2D eigenvalue weighted by Gasteiger charge is 2.13.